The van der Waals surface area contributed by atoms with Gasteiger partial charge in [0.25, 0.3) is 5.91 Å². The number of carbonyl (C=O) groups is 2. The van der Waals surface area contributed by atoms with E-state index in [0.717, 1.165) is 11.1 Å². The summed E-state index contributed by atoms with van der Waals surface area (Å²) in [6.45, 7) is 2.24. The van der Waals surface area contributed by atoms with Crippen LogP contribution in [0.2, 0.25) is 0 Å². The highest BCUT2D eigenvalue weighted by molar-refractivity contribution is 6.01. The topological polar surface area (TPSA) is 57.6 Å². The fourth-order valence-electron chi connectivity index (χ4n) is 2.90. The average Bonchev–Trinajstić information content (AvgIpc) is 2.69. The molecule has 0 fully saturated rings. The zero-order chi connectivity index (χ0) is 19.2. The number of benzene rings is 3. The van der Waals surface area contributed by atoms with Crippen LogP contribution in [0.15, 0.2) is 78.9 Å². The Morgan fingerprint density at radius 1 is 0.815 bits per heavy atom. The first kappa shape index (κ1) is 18.4. The van der Waals surface area contributed by atoms with Crippen LogP contribution < -0.4 is 0 Å². The zero-order valence-electron chi connectivity index (χ0n) is 15.1. The molecule has 0 radical (unpaired) electrons. The number of carbonyl (C=O) groups excluding carboxylic acids is 2. The quantitative estimate of drug-likeness (QED) is 0.662. The average molecular weight is 359 g/mol. The molecule has 4 heteroatoms. The van der Waals surface area contributed by atoms with Crippen molar-refractivity contribution in [3.8, 4) is 5.75 Å². The molecule has 3 aromatic rings. The van der Waals surface area contributed by atoms with Gasteiger partial charge in [0.05, 0.1) is 5.56 Å². The molecule has 27 heavy (non-hydrogen) atoms. The summed E-state index contributed by atoms with van der Waals surface area (Å²) in [5.74, 6) is -0.596. The third-order valence-corrected chi connectivity index (χ3v) is 4.35. The van der Waals surface area contributed by atoms with Crippen molar-refractivity contribution in [1.82, 2.24) is 4.90 Å². The Hall–Kier alpha value is -3.40. The number of amides is 1. The Kier molecular flexibility index (Phi) is 5.67. The predicted octanol–water partition coefficient (Wildman–Crippen LogP) is 4.44. The van der Waals surface area contributed by atoms with E-state index in [-0.39, 0.29) is 23.0 Å². The van der Waals surface area contributed by atoms with Crippen molar-refractivity contribution in [2.24, 2.45) is 0 Å². The number of phenolic OH excluding ortho intramolecular Hbond substituents is 1. The van der Waals surface area contributed by atoms with Crippen molar-refractivity contribution in [2.75, 3.05) is 0 Å². The summed E-state index contributed by atoms with van der Waals surface area (Å²) < 4.78 is 0. The number of Topliss-reactive ketones (excluding diaryl/α,β-unsaturated/α-hetero) is 1. The van der Waals surface area contributed by atoms with Gasteiger partial charge in [0.15, 0.2) is 5.78 Å². The van der Waals surface area contributed by atoms with E-state index in [1.807, 2.05) is 60.7 Å². The van der Waals surface area contributed by atoms with Gasteiger partial charge in [-0.2, -0.15) is 0 Å². The minimum absolute atomic E-state index is 0.129. The highest BCUT2D eigenvalue weighted by Gasteiger charge is 2.21. The molecular weight excluding hydrogens is 338 g/mol. The predicted molar refractivity (Wildman–Crippen MR) is 105 cm³/mol. The SMILES string of the molecule is CC(=O)c1ccc(O)c(C(=O)N(Cc2ccccc2)Cc2ccccc2)c1. The van der Waals surface area contributed by atoms with E-state index < -0.39 is 0 Å². The Bertz CT molecular complexity index is 895. The van der Waals surface area contributed by atoms with Gasteiger partial charge >= 0.3 is 0 Å². The number of ketones is 1. The van der Waals surface area contributed by atoms with Crippen LogP contribution in [0.5, 0.6) is 5.75 Å². The lowest BCUT2D eigenvalue weighted by Gasteiger charge is -2.24. The van der Waals surface area contributed by atoms with Gasteiger partial charge < -0.3 is 10.0 Å². The molecule has 0 aliphatic carbocycles. The Morgan fingerprint density at radius 3 is 1.81 bits per heavy atom. The van der Waals surface area contributed by atoms with E-state index in [0.29, 0.717) is 18.7 Å². The van der Waals surface area contributed by atoms with Crippen LogP contribution in [0.3, 0.4) is 0 Å². The standard InChI is InChI=1S/C23H21NO3/c1-17(25)20-12-13-22(26)21(14-20)23(27)24(15-18-8-4-2-5-9-18)16-19-10-6-3-7-11-19/h2-14,26H,15-16H2,1H3. The second-order valence-corrected chi connectivity index (χ2v) is 6.42. The maximum atomic E-state index is 13.2. The Labute approximate surface area is 158 Å². The second-order valence-electron chi connectivity index (χ2n) is 6.42. The molecular formula is C23H21NO3. The number of phenols is 1. The fourth-order valence-corrected chi connectivity index (χ4v) is 2.90. The first-order valence-corrected chi connectivity index (χ1v) is 8.75. The molecule has 0 atom stereocenters. The van der Waals surface area contributed by atoms with E-state index in [1.165, 1.54) is 25.1 Å². The van der Waals surface area contributed by atoms with Gasteiger partial charge in [0.2, 0.25) is 0 Å². The zero-order valence-corrected chi connectivity index (χ0v) is 15.1. The smallest absolute Gasteiger partial charge is 0.258 e. The molecule has 0 unspecified atom stereocenters. The van der Waals surface area contributed by atoms with Crippen LogP contribution in [0, 0.1) is 0 Å². The minimum atomic E-state index is -0.316. The van der Waals surface area contributed by atoms with Crippen LogP contribution in [-0.2, 0) is 13.1 Å². The molecule has 0 saturated carbocycles. The van der Waals surface area contributed by atoms with Gasteiger partial charge in [-0.1, -0.05) is 60.7 Å². The Balaban J connectivity index is 1.95. The number of aromatic hydroxyl groups is 1. The summed E-state index contributed by atoms with van der Waals surface area (Å²) in [6.07, 6.45) is 0. The third-order valence-electron chi connectivity index (χ3n) is 4.35. The van der Waals surface area contributed by atoms with Crippen LogP contribution in [-0.4, -0.2) is 21.7 Å². The van der Waals surface area contributed by atoms with Crippen molar-refractivity contribution in [3.63, 3.8) is 0 Å². The summed E-state index contributed by atoms with van der Waals surface area (Å²) in [4.78, 5) is 26.6. The molecule has 0 bridgehead atoms. The highest BCUT2D eigenvalue weighted by Crippen LogP contribution is 2.23. The first-order chi connectivity index (χ1) is 13.0. The fraction of sp³-hybridized carbons (Fsp3) is 0.130. The summed E-state index contributed by atoms with van der Waals surface area (Å²) in [5, 5.41) is 10.2. The van der Waals surface area contributed by atoms with E-state index in [4.69, 9.17) is 0 Å². The number of rotatable bonds is 6. The van der Waals surface area contributed by atoms with Crippen LogP contribution >= 0.6 is 0 Å². The van der Waals surface area contributed by atoms with Crippen LogP contribution in [0.4, 0.5) is 0 Å². The molecule has 0 spiro atoms. The molecule has 4 nitrogen and oxygen atoms in total. The van der Waals surface area contributed by atoms with Gasteiger partial charge in [-0.05, 0) is 36.2 Å². The van der Waals surface area contributed by atoms with E-state index in [9.17, 15) is 14.7 Å². The molecule has 0 aliphatic rings. The molecule has 1 amide bonds. The normalized spacial score (nSPS) is 10.4. The van der Waals surface area contributed by atoms with Crippen molar-refractivity contribution >= 4 is 11.7 Å². The summed E-state index contributed by atoms with van der Waals surface area (Å²) in [5.41, 5.74) is 2.51. The molecule has 3 rings (SSSR count). The van der Waals surface area contributed by atoms with Gasteiger partial charge in [-0.3, -0.25) is 9.59 Å². The maximum absolute atomic E-state index is 13.2. The first-order valence-electron chi connectivity index (χ1n) is 8.75. The summed E-state index contributed by atoms with van der Waals surface area (Å²) in [7, 11) is 0. The van der Waals surface area contributed by atoms with Crippen molar-refractivity contribution in [1.29, 1.82) is 0 Å². The third kappa shape index (κ3) is 4.61. The summed E-state index contributed by atoms with van der Waals surface area (Å²) in [6, 6.07) is 23.8. The minimum Gasteiger partial charge on any atom is -0.507 e. The molecule has 0 aliphatic heterocycles. The highest BCUT2D eigenvalue weighted by atomic mass is 16.3. The summed E-state index contributed by atoms with van der Waals surface area (Å²) >= 11 is 0. The van der Waals surface area contributed by atoms with Crippen molar-refractivity contribution in [3.05, 3.63) is 101 Å². The lowest BCUT2D eigenvalue weighted by Crippen LogP contribution is -2.30. The number of hydrogen-bond acceptors (Lipinski definition) is 3. The molecule has 0 heterocycles. The number of hydrogen-bond donors (Lipinski definition) is 1. The lowest BCUT2D eigenvalue weighted by molar-refractivity contribution is 0.0727. The van der Waals surface area contributed by atoms with Crippen molar-refractivity contribution < 1.29 is 14.7 Å². The van der Waals surface area contributed by atoms with E-state index in [1.54, 1.807) is 4.90 Å². The van der Waals surface area contributed by atoms with E-state index >= 15 is 0 Å². The van der Waals surface area contributed by atoms with Gasteiger partial charge in [-0.15, -0.1) is 0 Å². The molecule has 1 N–H and O–H groups in total. The lowest BCUT2D eigenvalue weighted by atomic mass is 10.0. The maximum Gasteiger partial charge on any atom is 0.258 e. The van der Waals surface area contributed by atoms with Crippen molar-refractivity contribution in [2.45, 2.75) is 20.0 Å². The van der Waals surface area contributed by atoms with Gasteiger partial charge in [-0.25, -0.2) is 0 Å². The van der Waals surface area contributed by atoms with Crippen LogP contribution in [0.25, 0.3) is 0 Å². The Morgan fingerprint density at radius 2 is 1.33 bits per heavy atom. The molecule has 3 aromatic carbocycles. The number of nitrogens with zero attached hydrogens (tertiary/aromatic N) is 1. The monoisotopic (exact) mass is 359 g/mol. The molecule has 0 saturated heterocycles. The van der Waals surface area contributed by atoms with Gasteiger partial charge in [0.1, 0.15) is 5.75 Å². The van der Waals surface area contributed by atoms with Gasteiger partial charge in [0, 0.05) is 18.7 Å². The largest absolute Gasteiger partial charge is 0.507 e. The van der Waals surface area contributed by atoms with E-state index in [2.05, 4.69) is 0 Å². The molecule has 0 aromatic heterocycles. The second kappa shape index (κ2) is 8.32. The van der Waals surface area contributed by atoms with Crippen LogP contribution in [0.1, 0.15) is 38.8 Å². The molecule has 136 valence electrons.